The highest BCUT2D eigenvalue weighted by Gasteiger charge is 2.31. The first kappa shape index (κ1) is 13.9. The molecule has 0 unspecified atom stereocenters. The minimum absolute atomic E-state index is 0.269. The predicted molar refractivity (Wildman–Crippen MR) is 64.2 cm³/mol. The molecule has 9 heteroatoms. The second-order valence-corrected chi connectivity index (χ2v) is 5.93. The highest BCUT2D eigenvalue weighted by molar-refractivity contribution is 7.15. The van der Waals surface area contributed by atoms with E-state index in [2.05, 4.69) is 15.5 Å². The molecule has 0 aliphatic rings. The molecular formula is C7H8Cl3N3O2S. The zero-order chi connectivity index (χ0) is 12.2. The fourth-order valence-corrected chi connectivity index (χ4v) is 1.53. The van der Waals surface area contributed by atoms with Crippen molar-refractivity contribution in [2.24, 2.45) is 0 Å². The molecule has 90 valence electrons. The van der Waals surface area contributed by atoms with Crippen molar-refractivity contribution < 1.29 is 9.53 Å². The van der Waals surface area contributed by atoms with E-state index in [0.717, 1.165) is 11.3 Å². The van der Waals surface area contributed by atoms with Crippen LogP contribution in [0.3, 0.4) is 0 Å². The van der Waals surface area contributed by atoms with Crippen LogP contribution in [-0.4, -0.2) is 26.5 Å². The average Bonchev–Trinajstić information content (AvgIpc) is 2.61. The van der Waals surface area contributed by atoms with Gasteiger partial charge in [-0.15, -0.1) is 10.2 Å². The Kier molecular flexibility index (Phi) is 5.20. The van der Waals surface area contributed by atoms with E-state index < -0.39 is 9.70 Å². The van der Waals surface area contributed by atoms with Gasteiger partial charge in [-0.25, -0.2) is 0 Å². The van der Waals surface area contributed by atoms with Gasteiger partial charge in [0.25, 0.3) is 9.70 Å². The monoisotopic (exact) mass is 303 g/mol. The minimum atomic E-state index is -2.01. The SMILES string of the molecule is CCOCc1nnc(NC(=O)C(Cl)(Cl)Cl)s1. The molecule has 0 radical (unpaired) electrons. The Morgan fingerprint density at radius 1 is 1.50 bits per heavy atom. The number of carbonyl (C=O) groups is 1. The summed E-state index contributed by atoms with van der Waals surface area (Å²) in [5, 5.41) is 10.7. The average molecular weight is 305 g/mol. The topological polar surface area (TPSA) is 64.1 Å². The lowest BCUT2D eigenvalue weighted by Gasteiger charge is -2.07. The molecule has 5 nitrogen and oxygen atoms in total. The van der Waals surface area contributed by atoms with Crippen LogP contribution in [-0.2, 0) is 16.1 Å². The Morgan fingerprint density at radius 2 is 2.19 bits per heavy atom. The Labute approximate surface area is 111 Å². The number of aromatic nitrogens is 2. The molecule has 1 aromatic heterocycles. The number of anilines is 1. The molecule has 1 aromatic rings. The smallest absolute Gasteiger partial charge is 0.278 e. The van der Waals surface area contributed by atoms with Crippen LogP contribution in [0.5, 0.6) is 0 Å². The van der Waals surface area contributed by atoms with Gasteiger partial charge in [0.05, 0.1) is 0 Å². The summed E-state index contributed by atoms with van der Waals surface area (Å²) in [7, 11) is 0. The maximum Gasteiger partial charge on any atom is 0.278 e. The number of nitrogens with zero attached hydrogens (tertiary/aromatic N) is 2. The van der Waals surface area contributed by atoms with Gasteiger partial charge < -0.3 is 4.74 Å². The van der Waals surface area contributed by atoms with Crippen molar-refractivity contribution >= 4 is 57.2 Å². The number of hydrogen-bond acceptors (Lipinski definition) is 5. The summed E-state index contributed by atoms with van der Waals surface area (Å²) in [6.07, 6.45) is 0. The molecule has 0 fully saturated rings. The Hall–Kier alpha value is -0.140. The fraction of sp³-hybridized carbons (Fsp3) is 0.571. The number of halogens is 3. The largest absolute Gasteiger partial charge is 0.374 e. The minimum Gasteiger partial charge on any atom is -0.374 e. The van der Waals surface area contributed by atoms with Crippen molar-refractivity contribution in [3.63, 3.8) is 0 Å². The second-order valence-electron chi connectivity index (χ2n) is 2.59. The zero-order valence-electron chi connectivity index (χ0n) is 8.17. The number of rotatable bonds is 4. The van der Waals surface area contributed by atoms with Gasteiger partial charge in [-0.1, -0.05) is 46.1 Å². The van der Waals surface area contributed by atoms with Crippen molar-refractivity contribution in [3.8, 4) is 0 Å². The fourth-order valence-electron chi connectivity index (χ4n) is 0.720. The van der Waals surface area contributed by atoms with E-state index in [4.69, 9.17) is 39.5 Å². The van der Waals surface area contributed by atoms with Crippen LogP contribution in [0.25, 0.3) is 0 Å². The Bertz CT molecular complexity index is 366. The first-order chi connectivity index (χ1) is 7.43. The first-order valence-corrected chi connectivity index (χ1v) is 6.16. The molecule has 0 atom stereocenters. The van der Waals surface area contributed by atoms with E-state index in [0.29, 0.717) is 18.2 Å². The molecule has 0 saturated carbocycles. The van der Waals surface area contributed by atoms with Crippen LogP contribution in [0.1, 0.15) is 11.9 Å². The number of carbonyl (C=O) groups excluding carboxylic acids is 1. The molecular weight excluding hydrogens is 297 g/mol. The van der Waals surface area contributed by atoms with Crippen molar-refractivity contribution in [1.82, 2.24) is 10.2 Å². The summed E-state index contributed by atoms with van der Waals surface area (Å²) in [6.45, 7) is 2.79. The molecule has 1 amide bonds. The predicted octanol–water partition coefficient (Wildman–Crippen LogP) is 2.38. The normalized spacial score (nSPS) is 11.5. The van der Waals surface area contributed by atoms with Gasteiger partial charge in [-0.05, 0) is 6.92 Å². The standard InChI is InChI=1S/C7H8Cl3N3O2S/c1-2-15-3-4-12-13-6(16-4)11-5(14)7(8,9)10/h2-3H2,1H3,(H,11,13,14). The third-order valence-electron chi connectivity index (χ3n) is 1.37. The third-order valence-corrected chi connectivity index (χ3v) is 2.70. The second kappa shape index (κ2) is 5.97. The van der Waals surface area contributed by atoms with Gasteiger partial charge in [-0.3, -0.25) is 10.1 Å². The molecule has 0 aliphatic heterocycles. The summed E-state index contributed by atoms with van der Waals surface area (Å²) in [4.78, 5) is 11.3. The quantitative estimate of drug-likeness (QED) is 0.868. The van der Waals surface area contributed by atoms with Crippen LogP contribution in [0.2, 0.25) is 0 Å². The Morgan fingerprint density at radius 3 is 2.75 bits per heavy atom. The number of alkyl halides is 3. The van der Waals surface area contributed by atoms with Crippen molar-refractivity contribution in [1.29, 1.82) is 0 Å². The third kappa shape index (κ3) is 4.39. The van der Waals surface area contributed by atoms with Crippen molar-refractivity contribution in [2.75, 3.05) is 11.9 Å². The lowest BCUT2D eigenvalue weighted by Crippen LogP contribution is -2.26. The van der Waals surface area contributed by atoms with Gasteiger partial charge in [0.1, 0.15) is 11.6 Å². The summed E-state index contributed by atoms with van der Waals surface area (Å²) in [5.74, 6) is -0.767. The molecule has 0 bridgehead atoms. The van der Waals surface area contributed by atoms with Crippen LogP contribution in [0, 0.1) is 0 Å². The highest BCUT2D eigenvalue weighted by atomic mass is 35.6. The first-order valence-electron chi connectivity index (χ1n) is 4.21. The van der Waals surface area contributed by atoms with E-state index in [1.807, 2.05) is 6.92 Å². The Balaban J connectivity index is 2.55. The van der Waals surface area contributed by atoms with E-state index in [1.54, 1.807) is 0 Å². The molecule has 1 N–H and O–H groups in total. The zero-order valence-corrected chi connectivity index (χ0v) is 11.3. The van der Waals surface area contributed by atoms with Gasteiger partial charge >= 0.3 is 0 Å². The van der Waals surface area contributed by atoms with Crippen LogP contribution >= 0.6 is 46.1 Å². The van der Waals surface area contributed by atoms with Gasteiger partial charge in [-0.2, -0.15) is 0 Å². The number of amides is 1. The maximum atomic E-state index is 11.3. The van der Waals surface area contributed by atoms with Crippen LogP contribution in [0.15, 0.2) is 0 Å². The lowest BCUT2D eigenvalue weighted by molar-refractivity contribution is -0.115. The molecule has 0 saturated heterocycles. The van der Waals surface area contributed by atoms with Gasteiger partial charge in [0.2, 0.25) is 5.13 Å². The van der Waals surface area contributed by atoms with E-state index in [1.165, 1.54) is 0 Å². The highest BCUT2D eigenvalue weighted by Crippen LogP contribution is 2.28. The molecule has 16 heavy (non-hydrogen) atoms. The summed E-state index contributed by atoms with van der Waals surface area (Å²) in [6, 6.07) is 0. The summed E-state index contributed by atoms with van der Waals surface area (Å²) >= 11 is 17.3. The van der Waals surface area contributed by atoms with Gasteiger partial charge in [0, 0.05) is 6.61 Å². The maximum absolute atomic E-state index is 11.3. The number of hydrogen-bond donors (Lipinski definition) is 1. The molecule has 1 rings (SSSR count). The molecule has 1 heterocycles. The lowest BCUT2D eigenvalue weighted by atomic mass is 10.7. The van der Waals surface area contributed by atoms with Crippen LogP contribution in [0.4, 0.5) is 5.13 Å². The van der Waals surface area contributed by atoms with E-state index in [-0.39, 0.29) is 5.13 Å². The van der Waals surface area contributed by atoms with E-state index >= 15 is 0 Å². The van der Waals surface area contributed by atoms with Crippen molar-refractivity contribution in [2.45, 2.75) is 17.3 Å². The number of ether oxygens (including phenoxy) is 1. The van der Waals surface area contributed by atoms with Crippen molar-refractivity contribution in [3.05, 3.63) is 5.01 Å². The molecule has 0 spiro atoms. The number of nitrogens with one attached hydrogen (secondary N) is 1. The van der Waals surface area contributed by atoms with E-state index in [9.17, 15) is 4.79 Å². The van der Waals surface area contributed by atoms with Gasteiger partial charge in [0.15, 0.2) is 0 Å². The summed E-state index contributed by atoms with van der Waals surface area (Å²) in [5.41, 5.74) is 0. The summed E-state index contributed by atoms with van der Waals surface area (Å²) < 4.78 is 3.11. The molecule has 0 aromatic carbocycles. The van der Waals surface area contributed by atoms with Crippen LogP contribution < -0.4 is 5.32 Å². The molecule has 0 aliphatic carbocycles.